The van der Waals surface area contributed by atoms with Crippen LogP contribution in [0.4, 0.5) is 13.2 Å². The molecule has 1 aromatic carbocycles. The van der Waals surface area contributed by atoms with Crippen molar-refractivity contribution in [1.82, 2.24) is 0 Å². The zero-order chi connectivity index (χ0) is 14.1. The fourth-order valence-corrected chi connectivity index (χ4v) is 1.76. The Hall–Kier alpha value is -0.900. The van der Waals surface area contributed by atoms with Crippen molar-refractivity contribution in [3.8, 4) is 5.75 Å². The van der Waals surface area contributed by atoms with Crippen LogP contribution in [-0.4, -0.2) is 6.36 Å². The molecule has 1 nitrogen and oxygen atoms in total. The first-order valence-corrected chi connectivity index (χ1v) is 5.93. The molecule has 0 aliphatic heterocycles. The maximum atomic E-state index is 12.2. The molecule has 1 rings (SSSR count). The van der Waals surface area contributed by atoms with E-state index >= 15 is 0 Å². The molecule has 0 aliphatic rings. The van der Waals surface area contributed by atoms with Crippen molar-refractivity contribution >= 4 is 11.6 Å². The zero-order valence-electron chi connectivity index (χ0n) is 10.7. The lowest BCUT2D eigenvalue weighted by Gasteiger charge is -2.28. The van der Waals surface area contributed by atoms with Crippen molar-refractivity contribution in [2.75, 3.05) is 0 Å². The highest BCUT2D eigenvalue weighted by Gasteiger charge is 2.32. The number of ether oxygens (including phenoxy) is 1. The molecule has 0 bridgehead atoms. The summed E-state index contributed by atoms with van der Waals surface area (Å²) in [6.45, 7) is 8.00. The Morgan fingerprint density at radius 1 is 1.11 bits per heavy atom. The van der Waals surface area contributed by atoms with Gasteiger partial charge in [-0.05, 0) is 35.1 Å². The highest BCUT2D eigenvalue weighted by Crippen LogP contribution is 2.38. The third-order valence-corrected chi connectivity index (χ3v) is 3.14. The maximum Gasteiger partial charge on any atom is 0.573 e. The summed E-state index contributed by atoms with van der Waals surface area (Å²) in [6.07, 6.45) is -4.70. The number of hydrogen-bond acceptors (Lipinski definition) is 1. The summed E-state index contributed by atoms with van der Waals surface area (Å²) in [5.74, 6) is -0.215. The second kappa shape index (κ2) is 5.00. The average Bonchev–Trinajstić information content (AvgIpc) is 2.11. The molecule has 0 amide bonds. The van der Waals surface area contributed by atoms with E-state index in [1.165, 1.54) is 6.07 Å². The van der Waals surface area contributed by atoms with Gasteiger partial charge in [0, 0.05) is 5.02 Å². The van der Waals surface area contributed by atoms with Crippen molar-refractivity contribution in [1.29, 1.82) is 0 Å². The van der Waals surface area contributed by atoms with Crippen LogP contribution in [0.2, 0.25) is 5.02 Å². The first-order chi connectivity index (χ1) is 7.99. The molecule has 1 aromatic rings. The normalized spacial score (nSPS) is 14.4. The highest BCUT2D eigenvalue weighted by molar-refractivity contribution is 6.30. The van der Waals surface area contributed by atoms with Crippen molar-refractivity contribution < 1.29 is 17.9 Å². The Bertz CT molecular complexity index is 421. The number of halogens is 4. The Morgan fingerprint density at radius 2 is 1.67 bits per heavy atom. The average molecular weight is 281 g/mol. The topological polar surface area (TPSA) is 9.23 Å². The lowest BCUT2D eigenvalue weighted by molar-refractivity contribution is -0.274. The van der Waals surface area contributed by atoms with Gasteiger partial charge in [-0.3, -0.25) is 0 Å². The first-order valence-electron chi connectivity index (χ1n) is 5.55. The van der Waals surface area contributed by atoms with Gasteiger partial charge in [0.15, 0.2) is 0 Å². The van der Waals surface area contributed by atoms with Gasteiger partial charge in [-0.1, -0.05) is 39.3 Å². The predicted molar refractivity (Wildman–Crippen MR) is 66.0 cm³/mol. The molecule has 102 valence electrons. The van der Waals surface area contributed by atoms with E-state index in [0.717, 1.165) is 11.6 Å². The number of hydrogen-bond donors (Lipinski definition) is 0. The zero-order valence-corrected chi connectivity index (χ0v) is 11.5. The van der Waals surface area contributed by atoms with Crippen LogP contribution in [0.1, 0.15) is 39.2 Å². The Balaban J connectivity index is 3.09. The number of benzene rings is 1. The van der Waals surface area contributed by atoms with Gasteiger partial charge in [0.1, 0.15) is 5.75 Å². The van der Waals surface area contributed by atoms with E-state index in [1.807, 2.05) is 27.7 Å². The van der Waals surface area contributed by atoms with E-state index in [9.17, 15) is 13.2 Å². The third kappa shape index (κ3) is 4.41. The summed E-state index contributed by atoms with van der Waals surface area (Å²) in [4.78, 5) is 0. The molecule has 0 N–H and O–H groups in total. The van der Waals surface area contributed by atoms with Crippen LogP contribution >= 0.6 is 11.6 Å². The molecule has 0 unspecified atom stereocenters. The summed E-state index contributed by atoms with van der Waals surface area (Å²) in [7, 11) is 0. The van der Waals surface area contributed by atoms with E-state index in [0.29, 0.717) is 0 Å². The number of alkyl halides is 3. The van der Waals surface area contributed by atoms with Crippen LogP contribution in [0.25, 0.3) is 0 Å². The van der Waals surface area contributed by atoms with E-state index in [1.54, 1.807) is 6.07 Å². The standard InChI is InChI=1S/C13H16ClF3O/c1-8(12(2,3)4)9-5-10(14)7-11(6-9)18-13(15,16)17/h5-8H,1-4H3/t8-/m1/s1. The molecule has 5 heteroatoms. The van der Waals surface area contributed by atoms with Crippen LogP contribution in [0.5, 0.6) is 5.75 Å². The molecular weight excluding hydrogens is 265 g/mol. The smallest absolute Gasteiger partial charge is 0.406 e. The van der Waals surface area contributed by atoms with Gasteiger partial charge in [0.25, 0.3) is 0 Å². The Kier molecular flexibility index (Phi) is 4.21. The monoisotopic (exact) mass is 280 g/mol. The van der Waals surface area contributed by atoms with Gasteiger partial charge in [-0.25, -0.2) is 0 Å². The minimum absolute atomic E-state index is 0.0618. The molecule has 0 aromatic heterocycles. The lowest BCUT2D eigenvalue weighted by Crippen LogP contribution is -2.18. The molecular formula is C13H16ClF3O. The molecule has 0 saturated carbocycles. The minimum Gasteiger partial charge on any atom is -0.406 e. The fourth-order valence-electron chi connectivity index (χ4n) is 1.53. The van der Waals surface area contributed by atoms with Gasteiger partial charge in [-0.2, -0.15) is 0 Å². The summed E-state index contributed by atoms with van der Waals surface area (Å²) in [5.41, 5.74) is 0.662. The van der Waals surface area contributed by atoms with Crippen LogP contribution in [0, 0.1) is 5.41 Å². The lowest BCUT2D eigenvalue weighted by atomic mass is 9.78. The minimum atomic E-state index is -4.70. The highest BCUT2D eigenvalue weighted by atomic mass is 35.5. The van der Waals surface area contributed by atoms with Gasteiger partial charge in [0.05, 0.1) is 0 Å². The van der Waals surface area contributed by atoms with Crippen molar-refractivity contribution in [2.45, 2.75) is 40.0 Å². The van der Waals surface area contributed by atoms with Gasteiger partial charge < -0.3 is 4.74 Å². The van der Waals surface area contributed by atoms with Gasteiger partial charge in [-0.15, -0.1) is 13.2 Å². The Labute approximate surface area is 110 Å². The molecule has 0 heterocycles. The van der Waals surface area contributed by atoms with Gasteiger partial charge in [0.2, 0.25) is 0 Å². The fraction of sp³-hybridized carbons (Fsp3) is 0.538. The summed E-state index contributed by atoms with van der Waals surface area (Å²) in [5, 5.41) is 0.239. The third-order valence-electron chi connectivity index (χ3n) is 2.93. The van der Waals surface area contributed by atoms with Gasteiger partial charge >= 0.3 is 6.36 Å². The Morgan fingerprint density at radius 3 is 2.11 bits per heavy atom. The molecule has 0 aliphatic carbocycles. The molecule has 0 saturated heterocycles. The quantitative estimate of drug-likeness (QED) is 0.706. The maximum absolute atomic E-state index is 12.2. The second-order valence-electron chi connectivity index (χ2n) is 5.36. The molecule has 18 heavy (non-hydrogen) atoms. The van der Waals surface area contributed by atoms with Crippen LogP contribution < -0.4 is 4.74 Å². The van der Waals surface area contributed by atoms with Crippen molar-refractivity contribution in [3.63, 3.8) is 0 Å². The largest absolute Gasteiger partial charge is 0.573 e. The van der Waals surface area contributed by atoms with Crippen molar-refractivity contribution in [2.24, 2.45) is 5.41 Å². The van der Waals surface area contributed by atoms with E-state index in [2.05, 4.69) is 4.74 Å². The van der Waals surface area contributed by atoms with Crippen LogP contribution in [0.3, 0.4) is 0 Å². The number of rotatable bonds is 2. The summed E-state index contributed by atoms with van der Waals surface area (Å²) < 4.78 is 40.4. The van der Waals surface area contributed by atoms with E-state index < -0.39 is 6.36 Å². The summed E-state index contributed by atoms with van der Waals surface area (Å²) >= 11 is 5.83. The first kappa shape index (κ1) is 15.2. The predicted octanol–water partition coefficient (Wildman–Crippen LogP) is 5.39. The molecule has 0 spiro atoms. The van der Waals surface area contributed by atoms with E-state index in [-0.39, 0.29) is 22.1 Å². The van der Waals surface area contributed by atoms with Crippen LogP contribution in [-0.2, 0) is 0 Å². The SMILES string of the molecule is C[C@H](c1cc(Cl)cc(OC(F)(F)F)c1)C(C)(C)C. The molecule has 0 fully saturated rings. The van der Waals surface area contributed by atoms with Crippen LogP contribution in [0.15, 0.2) is 18.2 Å². The molecule has 0 radical (unpaired) electrons. The summed E-state index contributed by atoms with van der Waals surface area (Å²) in [6, 6.07) is 4.21. The van der Waals surface area contributed by atoms with Crippen molar-refractivity contribution in [3.05, 3.63) is 28.8 Å². The second-order valence-corrected chi connectivity index (χ2v) is 5.79. The van der Waals surface area contributed by atoms with E-state index in [4.69, 9.17) is 11.6 Å². The molecule has 1 atom stereocenters.